The monoisotopic (exact) mass is 304 g/mol. The predicted octanol–water partition coefficient (Wildman–Crippen LogP) is 2.14. The van der Waals surface area contributed by atoms with Crippen molar-refractivity contribution in [1.29, 1.82) is 0 Å². The number of ether oxygens (including phenoxy) is 1. The van der Waals surface area contributed by atoms with Crippen molar-refractivity contribution in [2.75, 3.05) is 13.2 Å². The van der Waals surface area contributed by atoms with E-state index in [0.29, 0.717) is 0 Å². The second kappa shape index (κ2) is 8.44. The molecular formula is C17H24N2O3. The van der Waals surface area contributed by atoms with Gasteiger partial charge in [-0.3, -0.25) is 0 Å². The lowest BCUT2D eigenvalue weighted by molar-refractivity contribution is 0.107. The summed E-state index contributed by atoms with van der Waals surface area (Å²) < 4.78 is 5.50. The highest BCUT2D eigenvalue weighted by Gasteiger charge is 2.12. The molecule has 1 aliphatic rings. The highest BCUT2D eigenvalue weighted by atomic mass is 16.5. The molecule has 120 valence electrons. The number of rotatable bonds is 6. The van der Waals surface area contributed by atoms with Crippen LogP contribution in [0, 0.1) is 6.92 Å². The fourth-order valence-corrected chi connectivity index (χ4v) is 2.32. The molecule has 0 aliphatic heterocycles. The van der Waals surface area contributed by atoms with Gasteiger partial charge in [-0.2, -0.15) is 0 Å². The number of aliphatic hydroxyl groups is 1. The van der Waals surface area contributed by atoms with Crippen molar-refractivity contribution in [2.45, 2.75) is 38.3 Å². The number of urea groups is 1. The van der Waals surface area contributed by atoms with Crippen molar-refractivity contribution in [1.82, 2.24) is 10.6 Å². The van der Waals surface area contributed by atoms with Gasteiger partial charge in [0.15, 0.2) is 0 Å². The Kier molecular flexibility index (Phi) is 6.27. The van der Waals surface area contributed by atoms with Gasteiger partial charge in [0.2, 0.25) is 0 Å². The zero-order valence-electron chi connectivity index (χ0n) is 12.9. The van der Waals surface area contributed by atoms with Gasteiger partial charge in [0.05, 0.1) is 0 Å². The maximum atomic E-state index is 11.7. The highest BCUT2D eigenvalue weighted by molar-refractivity contribution is 5.74. The molecule has 2 rings (SSSR count). The van der Waals surface area contributed by atoms with E-state index < -0.39 is 6.10 Å². The highest BCUT2D eigenvalue weighted by Crippen LogP contribution is 2.12. The molecule has 0 saturated carbocycles. The van der Waals surface area contributed by atoms with Crippen LogP contribution in [0.25, 0.3) is 0 Å². The van der Waals surface area contributed by atoms with Crippen molar-refractivity contribution in [3.8, 4) is 5.75 Å². The summed E-state index contributed by atoms with van der Waals surface area (Å²) in [6, 6.07) is 7.47. The molecule has 5 heteroatoms. The van der Waals surface area contributed by atoms with Crippen LogP contribution in [0.15, 0.2) is 36.4 Å². The van der Waals surface area contributed by atoms with Gasteiger partial charge in [-0.1, -0.05) is 24.3 Å². The molecule has 2 atom stereocenters. The zero-order chi connectivity index (χ0) is 15.8. The number of benzene rings is 1. The van der Waals surface area contributed by atoms with Crippen LogP contribution < -0.4 is 15.4 Å². The lowest BCUT2D eigenvalue weighted by Gasteiger charge is -2.19. The van der Waals surface area contributed by atoms with Crippen LogP contribution in [0.3, 0.4) is 0 Å². The number of carbonyl (C=O) groups is 1. The summed E-state index contributed by atoms with van der Waals surface area (Å²) in [4.78, 5) is 11.7. The second-order valence-corrected chi connectivity index (χ2v) is 5.60. The van der Waals surface area contributed by atoms with Gasteiger partial charge in [-0.05, 0) is 43.9 Å². The molecule has 0 radical (unpaired) electrons. The van der Waals surface area contributed by atoms with Gasteiger partial charge in [0.25, 0.3) is 0 Å². The molecule has 0 saturated heterocycles. The van der Waals surface area contributed by atoms with Crippen LogP contribution in [-0.4, -0.2) is 36.4 Å². The zero-order valence-corrected chi connectivity index (χ0v) is 12.9. The Labute approximate surface area is 131 Å². The number of aryl methyl sites for hydroxylation is 1. The topological polar surface area (TPSA) is 70.6 Å². The predicted molar refractivity (Wildman–Crippen MR) is 86.0 cm³/mol. The first-order valence-electron chi connectivity index (χ1n) is 7.72. The molecule has 1 aromatic carbocycles. The van der Waals surface area contributed by atoms with Crippen LogP contribution >= 0.6 is 0 Å². The molecule has 1 aliphatic carbocycles. The minimum Gasteiger partial charge on any atom is -0.491 e. The number of amides is 2. The normalized spacial score (nSPS) is 18.5. The first-order valence-corrected chi connectivity index (χ1v) is 7.72. The number of carbonyl (C=O) groups excluding carboxylic acids is 1. The van der Waals surface area contributed by atoms with Crippen LogP contribution in [0.2, 0.25) is 0 Å². The number of aliphatic hydroxyl groups excluding tert-OH is 1. The Hall–Kier alpha value is -2.01. The molecule has 5 nitrogen and oxygen atoms in total. The molecule has 2 unspecified atom stereocenters. The van der Waals surface area contributed by atoms with Crippen molar-refractivity contribution in [3.05, 3.63) is 42.0 Å². The Morgan fingerprint density at radius 2 is 2.36 bits per heavy atom. The van der Waals surface area contributed by atoms with Crippen molar-refractivity contribution < 1.29 is 14.6 Å². The lowest BCUT2D eigenvalue weighted by atomic mass is 10.0. The van der Waals surface area contributed by atoms with E-state index in [0.717, 1.165) is 30.6 Å². The number of nitrogens with one attached hydrogen (secondary N) is 2. The van der Waals surface area contributed by atoms with E-state index in [1.807, 2.05) is 37.3 Å². The van der Waals surface area contributed by atoms with Gasteiger partial charge in [0.1, 0.15) is 18.5 Å². The van der Waals surface area contributed by atoms with Crippen molar-refractivity contribution in [2.24, 2.45) is 0 Å². The number of allylic oxidation sites excluding steroid dienone is 1. The van der Waals surface area contributed by atoms with E-state index >= 15 is 0 Å². The quantitative estimate of drug-likeness (QED) is 0.705. The molecule has 0 fully saturated rings. The van der Waals surface area contributed by atoms with Crippen molar-refractivity contribution in [3.63, 3.8) is 0 Å². The third kappa shape index (κ3) is 5.77. The molecular weight excluding hydrogens is 280 g/mol. The van der Waals surface area contributed by atoms with E-state index in [4.69, 9.17) is 4.74 Å². The van der Waals surface area contributed by atoms with Crippen LogP contribution in [0.5, 0.6) is 5.75 Å². The molecule has 2 amide bonds. The van der Waals surface area contributed by atoms with Gasteiger partial charge in [-0.15, -0.1) is 0 Å². The summed E-state index contributed by atoms with van der Waals surface area (Å²) in [6.45, 7) is 2.29. The Morgan fingerprint density at radius 1 is 1.50 bits per heavy atom. The molecule has 3 N–H and O–H groups in total. The van der Waals surface area contributed by atoms with Crippen molar-refractivity contribution >= 4 is 6.03 Å². The Morgan fingerprint density at radius 3 is 3.09 bits per heavy atom. The average Bonchev–Trinajstić information content (AvgIpc) is 2.52. The Balaban J connectivity index is 1.64. The smallest absolute Gasteiger partial charge is 0.315 e. The molecule has 0 spiro atoms. The first-order chi connectivity index (χ1) is 10.6. The molecule has 0 bridgehead atoms. The SMILES string of the molecule is Cc1cccc(OCC(O)CNC(=O)NC2C=CCCC2)c1. The van der Waals surface area contributed by atoms with Gasteiger partial charge >= 0.3 is 6.03 Å². The fourth-order valence-electron chi connectivity index (χ4n) is 2.32. The maximum Gasteiger partial charge on any atom is 0.315 e. The van der Waals surface area contributed by atoms with Gasteiger partial charge < -0.3 is 20.5 Å². The van der Waals surface area contributed by atoms with E-state index in [9.17, 15) is 9.90 Å². The number of hydrogen-bond acceptors (Lipinski definition) is 3. The lowest BCUT2D eigenvalue weighted by Crippen LogP contribution is -2.45. The minimum absolute atomic E-state index is 0.0921. The molecule has 0 aromatic heterocycles. The molecule has 22 heavy (non-hydrogen) atoms. The van der Waals surface area contributed by atoms with Gasteiger partial charge in [0, 0.05) is 12.6 Å². The minimum atomic E-state index is -0.742. The summed E-state index contributed by atoms with van der Waals surface area (Å²) >= 11 is 0. The molecule has 1 aromatic rings. The van der Waals surface area contributed by atoms with Crippen LogP contribution in [-0.2, 0) is 0 Å². The standard InChI is InChI=1S/C17H24N2O3/c1-13-6-5-9-16(10-13)22-12-15(20)11-18-17(21)19-14-7-3-2-4-8-14/h3,5-7,9-10,14-15,20H,2,4,8,11-12H2,1H3,(H2,18,19,21). The van der Waals surface area contributed by atoms with Gasteiger partial charge in [-0.25, -0.2) is 4.79 Å². The third-order valence-corrected chi connectivity index (χ3v) is 3.50. The van der Waals surface area contributed by atoms with Crippen LogP contribution in [0.1, 0.15) is 24.8 Å². The molecule has 0 heterocycles. The third-order valence-electron chi connectivity index (χ3n) is 3.50. The van der Waals surface area contributed by atoms with E-state index in [1.54, 1.807) is 0 Å². The Bertz CT molecular complexity index is 516. The summed E-state index contributed by atoms with van der Waals surface area (Å²) in [7, 11) is 0. The maximum absolute atomic E-state index is 11.7. The van der Waals surface area contributed by atoms with E-state index in [2.05, 4.69) is 16.7 Å². The fraction of sp³-hybridized carbons (Fsp3) is 0.471. The summed E-state index contributed by atoms with van der Waals surface area (Å²) in [5.74, 6) is 0.718. The second-order valence-electron chi connectivity index (χ2n) is 5.60. The van der Waals surface area contributed by atoms with E-state index in [1.165, 1.54) is 0 Å². The largest absolute Gasteiger partial charge is 0.491 e. The van der Waals surface area contributed by atoms with E-state index in [-0.39, 0.29) is 25.2 Å². The van der Waals surface area contributed by atoms with Crippen LogP contribution in [0.4, 0.5) is 4.79 Å². The average molecular weight is 304 g/mol. The number of hydrogen-bond donors (Lipinski definition) is 3. The summed E-state index contributed by atoms with van der Waals surface area (Å²) in [5.41, 5.74) is 1.10. The first kappa shape index (κ1) is 16.4. The summed E-state index contributed by atoms with van der Waals surface area (Å²) in [6.07, 6.45) is 6.49. The summed E-state index contributed by atoms with van der Waals surface area (Å²) in [5, 5.41) is 15.4.